The maximum atomic E-state index is 11.8. The topological polar surface area (TPSA) is 49.9 Å². The Bertz CT molecular complexity index is 266. The van der Waals surface area contributed by atoms with Crippen molar-refractivity contribution in [3.8, 4) is 0 Å². The molecule has 1 unspecified atom stereocenters. The molecule has 0 radical (unpaired) electrons. The SMILES string of the molecule is CCOC(=O)C(=O)N1CCCC1CN(C)C. The van der Waals surface area contributed by atoms with E-state index >= 15 is 0 Å². The third-order valence-corrected chi connectivity index (χ3v) is 2.66. The van der Waals surface area contributed by atoms with Crippen molar-refractivity contribution in [1.82, 2.24) is 9.80 Å². The van der Waals surface area contributed by atoms with Gasteiger partial charge >= 0.3 is 11.9 Å². The highest BCUT2D eigenvalue weighted by Gasteiger charge is 2.33. The van der Waals surface area contributed by atoms with Crippen LogP contribution in [-0.4, -0.2) is 61.5 Å². The van der Waals surface area contributed by atoms with Gasteiger partial charge in [0.15, 0.2) is 0 Å². The summed E-state index contributed by atoms with van der Waals surface area (Å²) in [4.78, 5) is 26.8. The van der Waals surface area contributed by atoms with Crippen LogP contribution in [0.25, 0.3) is 0 Å². The average molecular weight is 228 g/mol. The molecule has 0 aromatic rings. The summed E-state index contributed by atoms with van der Waals surface area (Å²) in [5.74, 6) is -1.22. The summed E-state index contributed by atoms with van der Waals surface area (Å²) in [5, 5.41) is 0. The Morgan fingerprint density at radius 2 is 2.12 bits per heavy atom. The Morgan fingerprint density at radius 3 is 2.69 bits per heavy atom. The van der Waals surface area contributed by atoms with Crippen LogP contribution in [0.3, 0.4) is 0 Å². The van der Waals surface area contributed by atoms with Crippen molar-refractivity contribution in [3.63, 3.8) is 0 Å². The molecule has 92 valence electrons. The van der Waals surface area contributed by atoms with Crippen LogP contribution in [0.15, 0.2) is 0 Å². The Hall–Kier alpha value is -1.10. The van der Waals surface area contributed by atoms with Crippen LogP contribution in [-0.2, 0) is 14.3 Å². The molecule has 0 aromatic carbocycles. The second-order valence-corrected chi connectivity index (χ2v) is 4.28. The highest BCUT2D eigenvalue weighted by molar-refractivity contribution is 6.32. The average Bonchev–Trinajstić information content (AvgIpc) is 2.64. The van der Waals surface area contributed by atoms with E-state index in [1.807, 2.05) is 19.0 Å². The van der Waals surface area contributed by atoms with E-state index in [0.717, 1.165) is 19.4 Å². The van der Waals surface area contributed by atoms with Gasteiger partial charge in [-0.3, -0.25) is 4.79 Å². The summed E-state index contributed by atoms with van der Waals surface area (Å²) in [5.41, 5.74) is 0. The Labute approximate surface area is 96.3 Å². The molecule has 0 aromatic heterocycles. The molecule has 1 atom stereocenters. The van der Waals surface area contributed by atoms with Gasteiger partial charge < -0.3 is 14.5 Å². The van der Waals surface area contributed by atoms with E-state index in [4.69, 9.17) is 4.74 Å². The first kappa shape index (κ1) is 13.0. The fourth-order valence-electron chi connectivity index (χ4n) is 2.02. The van der Waals surface area contributed by atoms with Gasteiger partial charge in [-0.2, -0.15) is 0 Å². The minimum Gasteiger partial charge on any atom is -0.459 e. The van der Waals surface area contributed by atoms with Gasteiger partial charge in [-0.15, -0.1) is 0 Å². The first-order valence-corrected chi connectivity index (χ1v) is 5.68. The van der Waals surface area contributed by atoms with Crippen LogP contribution in [0.2, 0.25) is 0 Å². The van der Waals surface area contributed by atoms with E-state index < -0.39 is 11.9 Å². The van der Waals surface area contributed by atoms with Gasteiger partial charge in [-0.25, -0.2) is 4.79 Å². The maximum absolute atomic E-state index is 11.8. The van der Waals surface area contributed by atoms with Crippen molar-refractivity contribution < 1.29 is 14.3 Å². The molecule has 1 saturated heterocycles. The number of amides is 1. The molecule has 1 rings (SSSR count). The Kier molecular flexibility index (Phi) is 4.73. The van der Waals surface area contributed by atoms with E-state index in [9.17, 15) is 9.59 Å². The molecule has 5 heteroatoms. The van der Waals surface area contributed by atoms with E-state index in [1.165, 1.54) is 0 Å². The molecule has 0 saturated carbocycles. The van der Waals surface area contributed by atoms with E-state index in [1.54, 1.807) is 11.8 Å². The Balaban J connectivity index is 2.57. The van der Waals surface area contributed by atoms with Crippen LogP contribution in [0.4, 0.5) is 0 Å². The van der Waals surface area contributed by atoms with Crippen LogP contribution in [0.1, 0.15) is 19.8 Å². The van der Waals surface area contributed by atoms with Crippen molar-refractivity contribution in [1.29, 1.82) is 0 Å². The molecular weight excluding hydrogens is 208 g/mol. The lowest BCUT2D eigenvalue weighted by molar-refractivity contribution is -0.160. The van der Waals surface area contributed by atoms with E-state index in [2.05, 4.69) is 0 Å². The van der Waals surface area contributed by atoms with Gasteiger partial charge in [-0.1, -0.05) is 0 Å². The van der Waals surface area contributed by atoms with Gasteiger partial charge in [0.25, 0.3) is 0 Å². The molecule has 1 aliphatic heterocycles. The highest BCUT2D eigenvalue weighted by Crippen LogP contribution is 2.18. The largest absolute Gasteiger partial charge is 0.459 e. The summed E-state index contributed by atoms with van der Waals surface area (Å²) in [6.45, 7) is 3.41. The first-order valence-electron chi connectivity index (χ1n) is 5.68. The summed E-state index contributed by atoms with van der Waals surface area (Å²) in [6.07, 6.45) is 1.92. The summed E-state index contributed by atoms with van der Waals surface area (Å²) in [6, 6.07) is 0.145. The fourth-order valence-corrected chi connectivity index (χ4v) is 2.02. The third kappa shape index (κ3) is 3.20. The second kappa shape index (κ2) is 5.84. The van der Waals surface area contributed by atoms with Crippen molar-refractivity contribution in [2.75, 3.05) is 33.8 Å². The highest BCUT2D eigenvalue weighted by atomic mass is 16.5. The number of hydrogen-bond acceptors (Lipinski definition) is 4. The van der Waals surface area contributed by atoms with Gasteiger partial charge in [-0.05, 0) is 33.9 Å². The number of hydrogen-bond donors (Lipinski definition) is 0. The Morgan fingerprint density at radius 1 is 1.44 bits per heavy atom. The molecule has 5 nitrogen and oxygen atoms in total. The van der Waals surface area contributed by atoms with Crippen molar-refractivity contribution in [2.24, 2.45) is 0 Å². The number of esters is 1. The number of likely N-dealkylation sites (tertiary alicyclic amines) is 1. The van der Waals surface area contributed by atoms with Crippen LogP contribution in [0.5, 0.6) is 0 Å². The lowest BCUT2D eigenvalue weighted by Crippen LogP contribution is -2.44. The zero-order valence-electron chi connectivity index (χ0n) is 10.2. The van der Waals surface area contributed by atoms with Crippen LogP contribution in [0, 0.1) is 0 Å². The van der Waals surface area contributed by atoms with Gasteiger partial charge in [0, 0.05) is 19.1 Å². The standard InChI is InChI=1S/C11H20N2O3/c1-4-16-11(15)10(14)13-7-5-6-9(13)8-12(2)3/h9H,4-8H2,1-3H3. The number of nitrogens with zero attached hydrogens (tertiary/aromatic N) is 2. The van der Waals surface area contributed by atoms with Gasteiger partial charge in [0.05, 0.1) is 6.61 Å². The minimum absolute atomic E-state index is 0.145. The first-order chi connectivity index (χ1) is 7.56. The number of likely N-dealkylation sites (N-methyl/N-ethyl adjacent to an activating group) is 1. The number of rotatable bonds is 3. The summed E-state index contributed by atoms with van der Waals surface area (Å²) in [7, 11) is 3.93. The predicted molar refractivity (Wildman–Crippen MR) is 59.9 cm³/mol. The summed E-state index contributed by atoms with van der Waals surface area (Å²) < 4.78 is 4.73. The fraction of sp³-hybridized carbons (Fsp3) is 0.818. The van der Waals surface area contributed by atoms with Gasteiger partial charge in [0.1, 0.15) is 0 Å². The lowest BCUT2D eigenvalue weighted by atomic mass is 10.2. The molecule has 1 aliphatic rings. The van der Waals surface area contributed by atoms with Crippen molar-refractivity contribution in [3.05, 3.63) is 0 Å². The quantitative estimate of drug-likeness (QED) is 0.508. The minimum atomic E-state index is -0.729. The van der Waals surface area contributed by atoms with Crippen molar-refractivity contribution >= 4 is 11.9 Å². The smallest absolute Gasteiger partial charge is 0.397 e. The molecule has 0 bridgehead atoms. The van der Waals surface area contributed by atoms with Crippen molar-refractivity contribution in [2.45, 2.75) is 25.8 Å². The molecule has 1 heterocycles. The number of carbonyl (C=O) groups is 2. The monoisotopic (exact) mass is 228 g/mol. The summed E-state index contributed by atoms with van der Waals surface area (Å²) >= 11 is 0. The zero-order valence-corrected chi connectivity index (χ0v) is 10.2. The molecular formula is C11H20N2O3. The third-order valence-electron chi connectivity index (χ3n) is 2.66. The van der Waals surface area contributed by atoms with E-state index in [0.29, 0.717) is 6.54 Å². The zero-order chi connectivity index (χ0) is 12.1. The maximum Gasteiger partial charge on any atom is 0.397 e. The predicted octanol–water partition coefficient (Wildman–Crippen LogP) is 0.102. The molecule has 1 fully saturated rings. The lowest BCUT2D eigenvalue weighted by Gasteiger charge is -2.26. The molecule has 0 N–H and O–H groups in total. The molecule has 1 amide bonds. The molecule has 0 aliphatic carbocycles. The number of carbonyl (C=O) groups excluding carboxylic acids is 2. The molecule has 0 spiro atoms. The van der Waals surface area contributed by atoms with Gasteiger partial charge in [0.2, 0.25) is 0 Å². The van der Waals surface area contributed by atoms with Crippen LogP contribution < -0.4 is 0 Å². The molecule has 16 heavy (non-hydrogen) atoms. The van der Waals surface area contributed by atoms with Crippen LogP contribution >= 0.6 is 0 Å². The normalized spacial score (nSPS) is 20.2. The number of ether oxygens (including phenoxy) is 1. The van der Waals surface area contributed by atoms with E-state index in [-0.39, 0.29) is 12.6 Å². The second-order valence-electron chi connectivity index (χ2n) is 4.28.